The van der Waals surface area contributed by atoms with E-state index in [1.54, 1.807) is 11.8 Å². The van der Waals surface area contributed by atoms with Gasteiger partial charge in [0.15, 0.2) is 17.1 Å². The zero-order valence-corrected chi connectivity index (χ0v) is 30.9. The maximum atomic E-state index is 10.4. The molecule has 6 N–H and O–H groups in total. The molecule has 0 bridgehead atoms. The number of aromatic nitrogens is 1. The van der Waals surface area contributed by atoms with E-state index >= 15 is 0 Å². The Morgan fingerprint density at radius 1 is 0.878 bits per heavy atom. The standard InChI is InChI=1S/C39H47N9S/c1-21-15-23(3)32(24(4)16-21)43-31-19-27(7)34(37(44-31)45-33-25(5)17-22(2)18-26(33)6)47-48-36(28(20-40)35(41)39(8,9)10)46-38-42-29-13-11-12-14-30(29)49-38/h11-19,35,38,42,46H,41H2,1-10H3,(H2,43,44,45)/b36-28+,48-47?. The summed E-state index contributed by atoms with van der Waals surface area (Å²) < 4.78 is 0. The molecular formula is C39H47N9S. The van der Waals surface area contributed by atoms with Crippen LogP contribution in [0.4, 0.5) is 34.4 Å². The zero-order valence-electron chi connectivity index (χ0n) is 30.1. The van der Waals surface area contributed by atoms with Gasteiger partial charge in [0.2, 0.25) is 0 Å². The van der Waals surface area contributed by atoms with Crippen LogP contribution in [-0.2, 0) is 0 Å². The number of nitriles is 1. The van der Waals surface area contributed by atoms with Crippen molar-refractivity contribution in [2.24, 2.45) is 21.4 Å². The number of fused-ring (bicyclic) bond motifs is 1. The Kier molecular flexibility index (Phi) is 10.4. The molecule has 1 aliphatic rings. The van der Waals surface area contributed by atoms with Crippen LogP contribution in [0.2, 0.25) is 0 Å². The Morgan fingerprint density at radius 3 is 2.00 bits per heavy atom. The molecule has 0 spiro atoms. The van der Waals surface area contributed by atoms with Gasteiger partial charge in [0.1, 0.15) is 17.6 Å². The highest BCUT2D eigenvalue weighted by atomic mass is 32.2. The van der Waals surface area contributed by atoms with Gasteiger partial charge in [-0.2, -0.15) is 5.26 Å². The molecule has 0 saturated carbocycles. The van der Waals surface area contributed by atoms with Crippen molar-refractivity contribution >= 4 is 46.1 Å². The van der Waals surface area contributed by atoms with Crippen LogP contribution in [0.25, 0.3) is 0 Å². The third kappa shape index (κ3) is 8.07. The number of nitrogens with one attached hydrogen (secondary N) is 4. The fraction of sp³-hybridized carbons (Fsp3) is 0.333. The highest BCUT2D eigenvalue weighted by molar-refractivity contribution is 8.00. The zero-order chi connectivity index (χ0) is 35.6. The predicted molar refractivity (Wildman–Crippen MR) is 204 cm³/mol. The van der Waals surface area contributed by atoms with Gasteiger partial charge in [-0.1, -0.05) is 80.1 Å². The van der Waals surface area contributed by atoms with Gasteiger partial charge in [-0.3, -0.25) is 0 Å². The molecule has 2 heterocycles. The smallest absolute Gasteiger partial charge is 0.166 e. The quantitative estimate of drug-likeness (QED) is 0.0875. The van der Waals surface area contributed by atoms with Crippen LogP contribution in [0.5, 0.6) is 0 Å². The Labute approximate surface area is 294 Å². The molecule has 10 heteroatoms. The van der Waals surface area contributed by atoms with Crippen molar-refractivity contribution in [3.63, 3.8) is 0 Å². The minimum atomic E-state index is -0.588. The first kappa shape index (κ1) is 35.5. The van der Waals surface area contributed by atoms with Crippen molar-refractivity contribution in [3.8, 4) is 6.07 Å². The molecule has 0 fully saturated rings. The maximum absolute atomic E-state index is 10.4. The van der Waals surface area contributed by atoms with Gasteiger partial charge in [-0.25, -0.2) is 4.98 Å². The first-order valence-corrected chi connectivity index (χ1v) is 17.3. The third-order valence-corrected chi connectivity index (χ3v) is 9.67. The predicted octanol–water partition coefficient (Wildman–Crippen LogP) is 10.0. The van der Waals surface area contributed by atoms with Crippen molar-refractivity contribution in [3.05, 3.63) is 105 Å². The highest BCUT2D eigenvalue weighted by Gasteiger charge is 2.30. The van der Waals surface area contributed by atoms with E-state index < -0.39 is 11.5 Å². The van der Waals surface area contributed by atoms with Crippen molar-refractivity contribution in [1.82, 2.24) is 10.3 Å². The Bertz CT molecular complexity index is 1930. The molecule has 4 aromatic rings. The lowest BCUT2D eigenvalue weighted by Crippen LogP contribution is -2.39. The molecule has 0 radical (unpaired) electrons. The molecule has 1 aromatic heterocycles. The summed E-state index contributed by atoms with van der Waals surface area (Å²) in [5.41, 5.74) is 17.6. The van der Waals surface area contributed by atoms with Gasteiger partial charge >= 0.3 is 0 Å². The summed E-state index contributed by atoms with van der Waals surface area (Å²) in [6.07, 6.45) is 0. The summed E-state index contributed by atoms with van der Waals surface area (Å²) in [6.45, 7) is 20.6. The number of anilines is 5. The fourth-order valence-electron chi connectivity index (χ4n) is 6.08. The molecule has 0 amide bonds. The number of benzene rings is 3. The maximum Gasteiger partial charge on any atom is 0.166 e. The van der Waals surface area contributed by atoms with Gasteiger partial charge in [0.25, 0.3) is 0 Å². The average molecular weight is 674 g/mol. The van der Waals surface area contributed by atoms with Crippen molar-refractivity contribution in [2.45, 2.75) is 85.7 Å². The number of rotatable bonds is 9. The summed E-state index contributed by atoms with van der Waals surface area (Å²) in [7, 11) is 0. The molecule has 5 rings (SSSR count). The molecule has 3 aromatic carbocycles. The number of para-hydroxylation sites is 1. The van der Waals surface area contributed by atoms with Crippen LogP contribution in [0.15, 0.2) is 81.1 Å². The minimum Gasteiger partial charge on any atom is -0.356 e. The molecule has 2 atom stereocenters. The molecule has 254 valence electrons. The summed E-state index contributed by atoms with van der Waals surface area (Å²) in [4.78, 5) is 6.17. The van der Waals surface area contributed by atoms with Crippen molar-refractivity contribution in [1.29, 1.82) is 5.26 Å². The number of aryl methyl sites for hydroxylation is 7. The monoisotopic (exact) mass is 673 g/mol. The normalized spacial score (nSPS) is 15.3. The summed E-state index contributed by atoms with van der Waals surface area (Å²) in [5, 5.41) is 34.0. The van der Waals surface area contributed by atoms with Crippen LogP contribution >= 0.6 is 11.8 Å². The first-order chi connectivity index (χ1) is 23.1. The highest BCUT2D eigenvalue weighted by Crippen LogP contribution is 2.39. The number of azo groups is 1. The van der Waals surface area contributed by atoms with Gasteiger partial charge in [0.05, 0.1) is 11.3 Å². The second kappa shape index (κ2) is 14.3. The second-order valence-corrected chi connectivity index (χ2v) is 15.2. The number of thioether (sulfide) groups is 1. The number of pyridine rings is 1. The number of nitrogens with two attached hydrogens (primary N) is 1. The van der Waals surface area contributed by atoms with Gasteiger partial charge in [0, 0.05) is 22.3 Å². The van der Waals surface area contributed by atoms with Gasteiger partial charge in [-0.15, -0.1) is 10.2 Å². The number of hydrogen-bond acceptors (Lipinski definition) is 10. The third-order valence-electron chi connectivity index (χ3n) is 8.59. The Balaban J connectivity index is 1.61. The Morgan fingerprint density at radius 2 is 1.45 bits per heavy atom. The van der Waals surface area contributed by atoms with E-state index in [2.05, 4.69) is 99.2 Å². The lowest BCUT2D eigenvalue weighted by Gasteiger charge is -2.27. The molecule has 2 unspecified atom stereocenters. The topological polar surface area (TPSA) is 136 Å². The first-order valence-electron chi connectivity index (χ1n) is 16.5. The Hall–Kier alpha value is -4.85. The van der Waals surface area contributed by atoms with Crippen LogP contribution < -0.4 is 27.0 Å². The van der Waals surface area contributed by atoms with E-state index in [1.807, 2.05) is 52.0 Å². The molecule has 1 aliphatic heterocycles. The van der Waals surface area contributed by atoms with Crippen LogP contribution in [0, 0.1) is 65.2 Å². The average Bonchev–Trinajstić information content (AvgIpc) is 3.42. The SMILES string of the molecule is Cc1cc(C)c(Nc2cc(C)c(N=N/C(NC3Nc4ccccc4S3)=C(\C#N)C(N)C(C)(C)C)c(Nc3c(C)cc(C)cc3C)n2)c(C)c1. The van der Waals surface area contributed by atoms with E-state index in [0.29, 0.717) is 28.7 Å². The summed E-state index contributed by atoms with van der Waals surface area (Å²) >= 11 is 1.61. The molecule has 9 nitrogen and oxygen atoms in total. The van der Waals surface area contributed by atoms with E-state index in [1.165, 1.54) is 11.1 Å². The van der Waals surface area contributed by atoms with Gasteiger partial charge < -0.3 is 27.0 Å². The lowest BCUT2D eigenvalue weighted by atomic mass is 9.83. The van der Waals surface area contributed by atoms with Crippen molar-refractivity contribution in [2.75, 3.05) is 16.0 Å². The minimum absolute atomic E-state index is 0.274. The van der Waals surface area contributed by atoms with Crippen LogP contribution in [-0.4, -0.2) is 16.5 Å². The van der Waals surface area contributed by atoms with E-state index in [-0.39, 0.29) is 5.50 Å². The molecule has 0 saturated heterocycles. The number of nitrogens with zero attached hydrogens (tertiary/aromatic N) is 4. The molecular weight excluding hydrogens is 627 g/mol. The molecule has 0 aliphatic carbocycles. The largest absolute Gasteiger partial charge is 0.356 e. The van der Waals surface area contributed by atoms with Crippen LogP contribution in [0.1, 0.15) is 59.7 Å². The van der Waals surface area contributed by atoms with E-state index in [0.717, 1.165) is 49.8 Å². The van der Waals surface area contributed by atoms with E-state index in [4.69, 9.17) is 20.9 Å². The molecule has 49 heavy (non-hydrogen) atoms. The summed E-state index contributed by atoms with van der Waals surface area (Å²) in [5.74, 6) is 1.54. The summed E-state index contributed by atoms with van der Waals surface area (Å²) in [6, 6.07) is 20.4. The van der Waals surface area contributed by atoms with Crippen LogP contribution in [0.3, 0.4) is 0 Å². The fourth-order valence-corrected chi connectivity index (χ4v) is 7.10. The lowest BCUT2D eigenvalue weighted by molar-refractivity contribution is 0.356. The van der Waals surface area contributed by atoms with Gasteiger partial charge in [-0.05, 0) is 99.9 Å². The second-order valence-electron chi connectivity index (χ2n) is 14.0. The van der Waals surface area contributed by atoms with Crippen molar-refractivity contribution < 1.29 is 0 Å². The van der Waals surface area contributed by atoms with E-state index in [9.17, 15) is 5.26 Å². The number of hydrogen-bond donors (Lipinski definition) is 5.